The van der Waals surface area contributed by atoms with Gasteiger partial charge in [-0.25, -0.2) is 0 Å². The molecule has 0 bridgehead atoms. The van der Waals surface area contributed by atoms with E-state index in [0.29, 0.717) is 42.3 Å². The number of aromatic nitrogens is 3. The summed E-state index contributed by atoms with van der Waals surface area (Å²) in [5.41, 5.74) is 6.31. The number of nitrogens with zero attached hydrogens (tertiary/aromatic N) is 3. The highest BCUT2D eigenvalue weighted by molar-refractivity contribution is 5.53. The molecule has 0 aliphatic carbocycles. The Hall–Kier alpha value is -2.31. The van der Waals surface area contributed by atoms with Crippen molar-refractivity contribution in [2.75, 3.05) is 17.7 Å². The van der Waals surface area contributed by atoms with Crippen LogP contribution in [0, 0.1) is 6.92 Å². The lowest BCUT2D eigenvalue weighted by Crippen LogP contribution is -2.06. The molecule has 3 N–H and O–H groups in total. The van der Waals surface area contributed by atoms with Crippen molar-refractivity contribution in [1.29, 1.82) is 0 Å². The summed E-state index contributed by atoms with van der Waals surface area (Å²) in [6.45, 7) is 4.79. The zero-order valence-corrected chi connectivity index (χ0v) is 11.0. The number of aryl methyl sites for hydroxylation is 1. The maximum absolute atomic E-state index is 5.78. The Balaban J connectivity index is 2.00. The zero-order valence-electron chi connectivity index (χ0n) is 11.0. The van der Waals surface area contributed by atoms with Crippen LogP contribution in [0.25, 0.3) is 0 Å². The maximum Gasteiger partial charge on any atom is 0.245 e. The van der Waals surface area contributed by atoms with Crippen molar-refractivity contribution >= 4 is 11.5 Å². The van der Waals surface area contributed by atoms with Crippen molar-refractivity contribution < 1.29 is 9.26 Å². The first kappa shape index (κ1) is 13.1. The molecule has 19 heavy (non-hydrogen) atoms. The molecular formula is C12H17N5O2. The van der Waals surface area contributed by atoms with Gasteiger partial charge < -0.3 is 20.3 Å². The molecule has 7 nitrogen and oxygen atoms in total. The number of anilines is 2. The van der Waals surface area contributed by atoms with E-state index in [0.717, 1.165) is 6.42 Å². The molecule has 0 aromatic carbocycles. The lowest BCUT2D eigenvalue weighted by Gasteiger charge is -2.09. The van der Waals surface area contributed by atoms with Gasteiger partial charge in [-0.2, -0.15) is 9.97 Å². The molecular weight excluding hydrogens is 246 g/mol. The van der Waals surface area contributed by atoms with Crippen LogP contribution in [0.1, 0.15) is 25.1 Å². The molecule has 0 aliphatic heterocycles. The van der Waals surface area contributed by atoms with E-state index in [1.807, 2.05) is 6.92 Å². The second kappa shape index (κ2) is 6.03. The molecule has 2 aromatic rings. The molecule has 0 fully saturated rings. The lowest BCUT2D eigenvalue weighted by atomic mass is 10.4. The summed E-state index contributed by atoms with van der Waals surface area (Å²) in [5.74, 6) is 2.20. The lowest BCUT2D eigenvalue weighted by molar-refractivity contribution is 0.307. The Morgan fingerprint density at radius 3 is 2.89 bits per heavy atom. The van der Waals surface area contributed by atoms with E-state index >= 15 is 0 Å². The molecule has 102 valence electrons. The highest BCUT2D eigenvalue weighted by Crippen LogP contribution is 2.21. The smallest absolute Gasteiger partial charge is 0.245 e. The average Bonchev–Trinajstić information content (AvgIpc) is 2.82. The van der Waals surface area contributed by atoms with Crippen molar-refractivity contribution in [3.05, 3.63) is 23.8 Å². The first-order valence-electron chi connectivity index (χ1n) is 6.11. The second-order valence-electron chi connectivity index (χ2n) is 4.03. The van der Waals surface area contributed by atoms with E-state index in [1.165, 1.54) is 0 Å². The Labute approximate surface area is 111 Å². The third kappa shape index (κ3) is 3.57. The average molecular weight is 263 g/mol. The molecule has 0 atom stereocenters. The number of rotatable bonds is 6. The Bertz CT molecular complexity index is 541. The largest absolute Gasteiger partial charge is 0.476 e. The topological polar surface area (TPSA) is 99.1 Å². The minimum absolute atomic E-state index is 0.408. The number of nitrogens with two attached hydrogens (primary N) is 1. The van der Waals surface area contributed by atoms with Crippen molar-refractivity contribution in [3.8, 4) is 5.88 Å². The Morgan fingerprint density at radius 2 is 2.21 bits per heavy atom. The van der Waals surface area contributed by atoms with Crippen LogP contribution in [0.15, 0.2) is 16.7 Å². The number of hydrogen-bond donors (Lipinski definition) is 2. The van der Waals surface area contributed by atoms with Crippen molar-refractivity contribution in [2.45, 2.75) is 26.8 Å². The predicted molar refractivity (Wildman–Crippen MR) is 70.8 cm³/mol. The van der Waals surface area contributed by atoms with Gasteiger partial charge in [-0.3, -0.25) is 0 Å². The SMILES string of the molecule is CCCOc1nc(NCc2nc(C)no2)ccc1N. The van der Waals surface area contributed by atoms with Crippen molar-refractivity contribution in [1.82, 2.24) is 15.1 Å². The first-order valence-corrected chi connectivity index (χ1v) is 6.11. The van der Waals surface area contributed by atoms with E-state index in [-0.39, 0.29) is 0 Å². The van der Waals surface area contributed by atoms with Crippen LogP contribution < -0.4 is 15.8 Å². The molecule has 2 heterocycles. The third-order valence-corrected chi connectivity index (χ3v) is 2.32. The number of pyridine rings is 1. The van der Waals surface area contributed by atoms with Gasteiger partial charge in [0.2, 0.25) is 11.8 Å². The molecule has 0 aliphatic rings. The molecule has 0 amide bonds. The molecule has 0 saturated heterocycles. The van der Waals surface area contributed by atoms with Crippen molar-refractivity contribution in [2.24, 2.45) is 0 Å². The van der Waals surface area contributed by atoms with Gasteiger partial charge in [-0.15, -0.1) is 0 Å². The minimum Gasteiger partial charge on any atom is -0.476 e. The van der Waals surface area contributed by atoms with E-state index in [1.54, 1.807) is 19.1 Å². The standard InChI is InChI=1S/C12H17N5O2/c1-3-6-18-12-9(13)4-5-10(16-12)14-7-11-15-8(2)17-19-11/h4-5H,3,6-7,13H2,1-2H3,(H,14,16). The number of nitrogens with one attached hydrogen (secondary N) is 1. The fraction of sp³-hybridized carbons (Fsp3) is 0.417. The molecule has 0 spiro atoms. The normalized spacial score (nSPS) is 10.4. The van der Waals surface area contributed by atoms with Crippen LogP contribution >= 0.6 is 0 Å². The Kier molecular flexibility index (Phi) is 4.17. The summed E-state index contributed by atoms with van der Waals surface area (Å²) in [6.07, 6.45) is 0.903. The fourth-order valence-corrected chi connectivity index (χ4v) is 1.44. The monoisotopic (exact) mass is 263 g/mol. The number of nitrogen functional groups attached to an aromatic ring is 1. The van der Waals surface area contributed by atoms with Crippen molar-refractivity contribution in [3.63, 3.8) is 0 Å². The molecule has 0 radical (unpaired) electrons. The van der Waals surface area contributed by atoms with Gasteiger partial charge in [0.05, 0.1) is 18.8 Å². The fourth-order valence-electron chi connectivity index (χ4n) is 1.44. The van der Waals surface area contributed by atoms with Crippen LogP contribution in [0.5, 0.6) is 5.88 Å². The van der Waals surface area contributed by atoms with E-state index in [9.17, 15) is 0 Å². The third-order valence-electron chi connectivity index (χ3n) is 2.32. The summed E-state index contributed by atoms with van der Waals surface area (Å²) in [6, 6.07) is 3.52. The van der Waals surface area contributed by atoms with Gasteiger partial charge in [0.1, 0.15) is 5.82 Å². The van der Waals surface area contributed by atoms with E-state index in [2.05, 4.69) is 20.4 Å². The molecule has 7 heteroatoms. The summed E-state index contributed by atoms with van der Waals surface area (Å²) in [5, 5.41) is 6.79. The van der Waals surface area contributed by atoms with E-state index < -0.39 is 0 Å². The number of hydrogen-bond acceptors (Lipinski definition) is 7. The highest BCUT2D eigenvalue weighted by atomic mass is 16.5. The zero-order chi connectivity index (χ0) is 13.7. The highest BCUT2D eigenvalue weighted by Gasteiger charge is 2.06. The molecule has 2 rings (SSSR count). The number of ether oxygens (including phenoxy) is 1. The molecule has 0 saturated carbocycles. The predicted octanol–water partition coefficient (Wildman–Crippen LogP) is 1.76. The van der Waals surface area contributed by atoms with Gasteiger partial charge in [-0.05, 0) is 25.5 Å². The first-order chi connectivity index (χ1) is 9.19. The maximum atomic E-state index is 5.78. The summed E-state index contributed by atoms with van der Waals surface area (Å²) < 4.78 is 10.5. The summed E-state index contributed by atoms with van der Waals surface area (Å²) in [4.78, 5) is 8.37. The van der Waals surface area contributed by atoms with Gasteiger partial charge in [-0.1, -0.05) is 12.1 Å². The minimum atomic E-state index is 0.408. The van der Waals surface area contributed by atoms with Crippen LogP contribution in [0.3, 0.4) is 0 Å². The van der Waals surface area contributed by atoms with Gasteiger partial charge in [0, 0.05) is 0 Å². The van der Waals surface area contributed by atoms with E-state index in [4.69, 9.17) is 15.0 Å². The van der Waals surface area contributed by atoms with Crippen LogP contribution in [-0.4, -0.2) is 21.7 Å². The summed E-state index contributed by atoms with van der Waals surface area (Å²) in [7, 11) is 0. The van der Waals surface area contributed by atoms with Gasteiger partial charge in [0.15, 0.2) is 5.82 Å². The second-order valence-corrected chi connectivity index (χ2v) is 4.03. The van der Waals surface area contributed by atoms with Gasteiger partial charge in [0.25, 0.3) is 0 Å². The van der Waals surface area contributed by atoms with Crippen LogP contribution in [0.2, 0.25) is 0 Å². The molecule has 0 unspecified atom stereocenters. The van der Waals surface area contributed by atoms with Crippen LogP contribution in [0.4, 0.5) is 11.5 Å². The summed E-state index contributed by atoms with van der Waals surface area (Å²) >= 11 is 0. The quantitative estimate of drug-likeness (QED) is 0.819. The molecule has 2 aromatic heterocycles. The Morgan fingerprint density at radius 1 is 1.37 bits per heavy atom. The van der Waals surface area contributed by atoms with Crippen LogP contribution in [-0.2, 0) is 6.54 Å². The van der Waals surface area contributed by atoms with Gasteiger partial charge >= 0.3 is 0 Å².